The smallest absolute Gasteiger partial charge is 0.239 e. The number of ether oxygens (including phenoxy) is 2. The van der Waals surface area contributed by atoms with Crippen molar-refractivity contribution in [1.82, 2.24) is 15.3 Å². The van der Waals surface area contributed by atoms with Crippen molar-refractivity contribution in [3.63, 3.8) is 0 Å². The molecule has 2 N–H and O–H groups in total. The molecule has 3 aliphatic heterocycles. The van der Waals surface area contributed by atoms with Crippen LogP contribution in [0.15, 0.2) is 6.20 Å². The lowest BCUT2D eigenvalue weighted by molar-refractivity contribution is -0.193. The third-order valence-electron chi connectivity index (χ3n) is 8.06. The fourth-order valence-electron chi connectivity index (χ4n) is 6.01. The number of fused-ring (bicyclic) bond motifs is 2. The lowest BCUT2D eigenvalue weighted by Gasteiger charge is -2.37. The second-order valence-corrected chi connectivity index (χ2v) is 10.3. The van der Waals surface area contributed by atoms with E-state index in [0.717, 1.165) is 82.3 Å². The maximum Gasteiger partial charge on any atom is 0.239 e. The first-order valence-electron chi connectivity index (χ1n) is 12.7. The molecule has 8 nitrogen and oxygen atoms in total. The number of nitrogens with zero attached hydrogens (tertiary/aromatic N) is 3. The summed E-state index contributed by atoms with van der Waals surface area (Å²) in [6.07, 6.45) is 10.1. The van der Waals surface area contributed by atoms with Crippen molar-refractivity contribution in [1.29, 1.82) is 0 Å². The highest BCUT2D eigenvalue weighted by Crippen LogP contribution is 2.57. The van der Waals surface area contributed by atoms with Gasteiger partial charge in [-0.25, -0.2) is 9.37 Å². The monoisotopic (exact) mass is 459 g/mol. The van der Waals surface area contributed by atoms with Gasteiger partial charge in [0.2, 0.25) is 11.9 Å². The first-order valence-corrected chi connectivity index (χ1v) is 12.7. The quantitative estimate of drug-likeness (QED) is 0.700. The van der Waals surface area contributed by atoms with Gasteiger partial charge in [0, 0.05) is 31.0 Å². The molecule has 4 fully saturated rings. The number of hydrogen-bond acceptors (Lipinski definition) is 7. The molecule has 4 heterocycles. The van der Waals surface area contributed by atoms with Crippen molar-refractivity contribution in [2.45, 2.75) is 100 Å². The van der Waals surface area contributed by atoms with Gasteiger partial charge in [0.1, 0.15) is 12.0 Å². The molecule has 2 aliphatic carbocycles. The Balaban J connectivity index is 1.22. The second kappa shape index (κ2) is 8.74. The first-order chi connectivity index (χ1) is 16.1. The van der Waals surface area contributed by atoms with Gasteiger partial charge < -0.3 is 20.1 Å². The van der Waals surface area contributed by atoms with Crippen LogP contribution in [0.1, 0.15) is 69.8 Å². The van der Waals surface area contributed by atoms with E-state index in [1.807, 2.05) is 4.90 Å². The highest BCUT2D eigenvalue weighted by Gasteiger charge is 2.61. The van der Waals surface area contributed by atoms with E-state index in [4.69, 9.17) is 14.5 Å². The summed E-state index contributed by atoms with van der Waals surface area (Å²) in [6.45, 7) is 1.88. The van der Waals surface area contributed by atoms with Crippen LogP contribution < -0.4 is 15.5 Å². The molecule has 1 amide bonds. The Labute approximate surface area is 194 Å². The summed E-state index contributed by atoms with van der Waals surface area (Å²) < 4.78 is 26.4. The van der Waals surface area contributed by atoms with Crippen molar-refractivity contribution in [3.8, 4) is 0 Å². The zero-order valence-electron chi connectivity index (χ0n) is 19.1. The number of piperidine rings is 1. The van der Waals surface area contributed by atoms with Gasteiger partial charge in [-0.15, -0.1) is 0 Å². The Morgan fingerprint density at radius 1 is 1.21 bits per heavy atom. The second-order valence-electron chi connectivity index (χ2n) is 10.3. The molecule has 33 heavy (non-hydrogen) atoms. The third-order valence-corrected chi connectivity index (χ3v) is 8.06. The molecule has 6 rings (SSSR count). The number of amides is 1. The van der Waals surface area contributed by atoms with Crippen molar-refractivity contribution in [2.75, 3.05) is 29.9 Å². The van der Waals surface area contributed by atoms with Gasteiger partial charge in [-0.3, -0.25) is 9.69 Å². The minimum Gasteiger partial charge on any atom is -0.353 e. The van der Waals surface area contributed by atoms with Crippen LogP contribution in [-0.4, -0.2) is 66.2 Å². The molecule has 5 aliphatic rings. The van der Waals surface area contributed by atoms with Crippen LogP contribution in [0.5, 0.6) is 0 Å². The number of rotatable bonds is 5. The molecule has 1 spiro atoms. The molecule has 0 aromatic carbocycles. The molecule has 2 saturated heterocycles. The lowest BCUT2D eigenvalue weighted by atomic mass is 9.91. The number of anilines is 2. The van der Waals surface area contributed by atoms with Gasteiger partial charge in [0.05, 0.1) is 17.6 Å². The topological polar surface area (TPSA) is 88.6 Å². The maximum atomic E-state index is 14.3. The summed E-state index contributed by atoms with van der Waals surface area (Å²) in [5.41, 5.74) is 0.504. The van der Waals surface area contributed by atoms with Crippen LogP contribution in [-0.2, 0) is 19.7 Å². The minimum atomic E-state index is -0.985. The highest BCUT2D eigenvalue weighted by molar-refractivity contribution is 6.09. The number of nitrogens with one attached hydrogen (secondary N) is 2. The van der Waals surface area contributed by atoms with Gasteiger partial charge in [0.25, 0.3) is 0 Å². The number of alkyl halides is 1. The molecule has 2 saturated carbocycles. The number of carbonyl (C=O) groups is 1. The predicted octanol–water partition coefficient (Wildman–Crippen LogP) is 2.82. The molecule has 0 radical (unpaired) electrons. The summed E-state index contributed by atoms with van der Waals surface area (Å²) in [7, 11) is 0. The van der Waals surface area contributed by atoms with Crippen molar-refractivity contribution >= 4 is 17.7 Å². The normalized spacial score (nSPS) is 35.5. The SMILES string of the molecule is O=C1N([C@@H]2CCC[C@@H](OC3CCCCO3)C2)c2nc(N[C@H]3CCNC[C@H]3F)ncc2C12CC2. The van der Waals surface area contributed by atoms with Crippen LogP contribution in [0.25, 0.3) is 0 Å². The van der Waals surface area contributed by atoms with E-state index in [1.165, 1.54) is 0 Å². The Kier molecular flexibility index (Phi) is 5.74. The van der Waals surface area contributed by atoms with E-state index in [2.05, 4.69) is 15.6 Å². The minimum absolute atomic E-state index is 0.0640. The lowest BCUT2D eigenvalue weighted by Crippen LogP contribution is -2.46. The van der Waals surface area contributed by atoms with Crippen LogP contribution in [0, 0.1) is 0 Å². The van der Waals surface area contributed by atoms with Gasteiger partial charge in [-0.1, -0.05) is 0 Å². The third kappa shape index (κ3) is 4.02. The number of hydrogen-bond donors (Lipinski definition) is 2. The molecule has 1 aromatic rings. The van der Waals surface area contributed by atoms with Crippen molar-refractivity contribution < 1.29 is 18.7 Å². The first kappa shape index (κ1) is 21.7. The Morgan fingerprint density at radius 3 is 2.91 bits per heavy atom. The van der Waals surface area contributed by atoms with Crippen LogP contribution in [0.4, 0.5) is 16.2 Å². The summed E-state index contributed by atoms with van der Waals surface area (Å²) in [5.74, 6) is 1.30. The molecule has 1 aromatic heterocycles. The molecule has 1 unspecified atom stereocenters. The summed E-state index contributed by atoms with van der Waals surface area (Å²) in [5, 5.41) is 6.26. The van der Waals surface area contributed by atoms with E-state index >= 15 is 0 Å². The molecular formula is C24H34FN5O3. The van der Waals surface area contributed by atoms with Gasteiger partial charge in [-0.05, 0) is 70.8 Å². The Hall–Kier alpha value is -1.84. The van der Waals surface area contributed by atoms with Crippen molar-refractivity contribution in [3.05, 3.63) is 11.8 Å². The average molecular weight is 460 g/mol. The summed E-state index contributed by atoms with van der Waals surface area (Å²) >= 11 is 0. The largest absolute Gasteiger partial charge is 0.353 e. The molecule has 9 heteroatoms. The molecular weight excluding hydrogens is 425 g/mol. The molecule has 0 bridgehead atoms. The maximum absolute atomic E-state index is 14.3. The van der Waals surface area contributed by atoms with E-state index in [-0.39, 0.29) is 30.4 Å². The molecule has 180 valence electrons. The number of aromatic nitrogens is 2. The van der Waals surface area contributed by atoms with E-state index in [0.29, 0.717) is 18.9 Å². The standard InChI is InChI=1S/C24H34FN5O3/c25-18-14-26-10-7-19(18)28-23-27-13-17-21(29-23)30(22(31)24(17)8-9-24)15-4-3-5-16(12-15)33-20-6-1-2-11-32-20/h13,15-16,18-20,26H,1-12,14H2,(H,27,28,29)/t15-,16-,18-,19+,20?/m1/s1. The summed E-state index contributed by atoms with van der Waals surface area (Å²) in [6, 6.07) is -0.248. The number of halogens is 1. The zero-order valence-corrected chi connectivity index (χ0v) is 19.1. The Bertz CT molecular complexity index is 891. The van der Waals surface area contributed by atoms with Gasteiger partial charge in [-0.2, -0.15) is 4.98 Å². The van der Waals surface area contributed by atoms with Crippen LogP contribution in [0.2, 0.25) is 0 Å². The van der Waals surface area contributed by atoms with E-state index in [9.17, 15) is 9.18 Å². The van der Waals surface area contributed by atoms with Crippen molar-refractivity contribution in [2.24, 2.45) is 0 Å². The fourth-order valence-corrected chi connectivity index (χ4v) is 6.01. The van der Waals surface area contributed by atoms with Gasteiger partial charge >= 0.3 is 0 Å². The van der Waals surface area contributed by atoms with E-state index in [1.54, 1.807) is 6.20 Å². The number of carbonyl (C=O) groups excluding carboxylic acids is 1. The average Bonchev–Trinajstić information content (AvgIpc) is 3.60. The zero-order chi connectivity index (χ0) is 22.4. The Morgan fingerprint density at radius 2 is 2.12 bits per heavy atom. The summed E-state index contributed by atoms with van der Waals surface area (Å²) in [4.78, 5) is 24.8. The van der Waals surface area contributed by atoms with Crippen LogP contribution >= 0.6 is 0 Å². The van der Waals surface area contributed by atoms with Gasteiger partial charge in [0.15, 0.2) is 6.29 Å². The fraction of sp³-hybridized carbons (Fsp3) is 0.792. The highest BCUT2D eigenvalue weighted by atomic mass is 19.1. The predicted molar refractivity (Wildman–Crippen MR) is 121 cm³/mol. The van der Waals surface area contributed by atoms with E-state index < -0.39 is 11.6 Å². The van der Waals surface area contributed by atoms with Crippen LogP contribution in [0.3, 0.4) is 0 Å². The molecule has 5 atom stereocenters.